The number of imidazole rings is 1. The maximum Gasteiger partial charge on any atom is 0.234 e. The number of carbonyl (C=O) groups excluding carboxylic acids is 1. The topological polar surface area (TPSA) is 65.4 Å². The fourth-order valence-electron chi connectivity index (χ4n) is 4.02. The Morgan fingerprint density at radius 2 is 1.81 bits per heavy atom. The zero-order chi connectivity index (χ0) is 21.0. The van der Waals surface area contributed by atoms with Crippen molar-refractivity contribution in [2.24, 2.45) is 0 Å². The van der Waals surface area contributed by atoms with Gasteiger partial charge in [0.25, 0.3) is 0 Å². The van der Waals surface area contributed by atoms with E-state index in [0.29, 0.717) is 24.7 Å². The molecule has 0 spiro atoms. The lowest BCUT2D eigenvalue weighted by Crippen LogP contribution is -2.15. The van der Waals surface area contributed by atoms with Crippen molar-refractivity contribution in [1.82, 2.24) is 9.55 Å². The molecule has 1 aromatic heterocycles. The molecule has 1 N–H and O–H groups in total. The Morgan fingerprint density at radius 1 is 1.00 bits per heavy atom. The van der Waals surface area contributed by atoms with Gasteiger partial charge >= 0.3 is 0 Å². The fraction of sp³-hybridized carbons (Fsp3) is 0.333. The average molecular weight is 436 g/mol. The number of anilines is 1. The van der Waals surface area contributed by atoms with Crippen LogP contribution < -0.4 is 14.8 Å². The molecule has 160 valence electrons. The molecule has 0 radical (unpaired) electrons. The van der Waals surface area contributed by atoms with Crippen molar-refractivity contribution in [2.45, 2.75) is 37.3 Å². The summed E-state index contributed by atoms with van der Waals surface area (Å²) in [7, 11) is 0. The molecule has 0 fully saturated rings. The van der Waals surface area contributed by atoms with Crippen LogP contribution in [0.25, 0.3) is 5.69 Å². The molecule has 3 aromatic rings. The smallest absolute Gasteiger partial charge is 0.234 e. The number of amides is 1. The van der Waals surface area contributed by atoms with E-state index in [9.17, 15) is 4.79 Å². The number of aromatic nitrogens is 2. The maximum atomic E-state index is 12.7. The first kappa shape index (κ1) is 20.0. The van der Waals surface area contributed by atoms with Gasteiger partial charge in [0.15, 0.2) is 16.7 Å². The second-order valence-electron chi connectivity index (χ2n) is 7.71. The zero-order valence-electron chi connectivity index (χ0n) is 17.3. The van der Waals surface area contributed by atoms with Crippen molar-refractivity contribution < 1.29 is 14.3 Å². The summed E-state index contributed by atoms with van der Waals surface area (Å²) in [6.45, 7) is 1.26. The largest absolute Gasteiger partial charge is 0.490 e. The summed E-state index contributed by atoms with van der Waals surface area (Å²) < 4.78 is 13.6. The molecule has 1 aliphatic carbocycles. The van der Waals surface area contributed by atoms with E-state index >= 15 is 0 Å². The third-order valence-corrected chi connectivity index (χ3v) is 6.42. The van der Waals surface area contributed by atoms with Gasteiger partial charge in [0.05, 0.1) is 24.7 Å². The van der Waals surface area contributed by atoms with E-state index < -0.39 is 0 Å². The normalized spacial score (nSPS) is 15.1. The van der Waals surface area contributed by atoms with Gasteiger partial charge in [-0.2, -0.15) is 0 Å². The van der Waals surface area contributed by atoms with Gasteiger partial charge in [0, 0.05) is 29.6 Å². The van der Waals surface area contributed by atoms with E-state index in [1.807, 2.05) is 36.4 Å². The quantitative estimate of drug-likeness (QED) is 0.592. The highest BCUT2D eigenvalue weighted by Crippen LogP contribution is 2.33. The SMILES string of the molecule is O=C(CSc1nc2c(n1-c1ccccc1)CCCC2)Nc1ccc2c(c1)OCCCO2. The third-order valence-electron chi connectivity index (χ3n) is 5.48. The second kappa shape index (κ2) is 9.06. The minimum atomic E-state index is -0.0694. The van der Waals surface area contributed by atoms with Crippen LogP contribution in [0, 0.1) is 0 Å². The van der Waals surface area contributed by atoms with Crippen LogP contribution >= 0.6 is 11.8 Å². The predicted molar refractivity (Wildman–Crippen MR) is 122 cm³/mol. The molecule has 2 aliphatic rings. The molecule has 1 amide bonds. The molecule has 2 aromatic carbocycles. The van der Waals surface area contributed by atoms with Gasteiger partial charge in [0.1, 0.15) is 0 Å². The Bertz CT molecular complexity index is 1080. The minimum Gasteiger partial charge on any atom is -0.490 e. The van der Waals surface area contributed by atoms with Gasteiger partial charge in [-0.3, -0.25) is 9.36 Å². The van der Waals surface area contributed by atoms with E-state index in [4.69, 9.17) is 14.5 Å². The minimum absolute atomic E-state index is 0.0694. The molecule has 0 bridgehead atoms. The monoisotopic (exact) mass is 435 g/mol. The molecule has 31 heavy (non-hydrogen) atoms. The Labute approximate surface area is 186 Å². The highest BCUT2D eigenvalue weighted by molar-refractivity contribution is 7.99. The molecule has 5 rings (SSSR count). The van der Waals surface area contributed by atoms with Gasteiger partial charge in [-0.15, -0.1) is 0 Å². The number of rotatable bonds is 5. The summed E-state index contributed by atoms with van der Waals surface area (Å²) in [6, 6.07) is 15.8. The number of hydrogen-bond donors (Lipinski definition) is 1. The number of thioether (sulfide) groups is 1. The molecular formula is C24H25N3O3S. The summed E-state index contributed by atoms with van der Waals surface area (Å²) in [6.07, 6.45) is 5.24. The fourth-order valence-corrected chi connectivity index (χ4v) is 4.88. The predicted octanol–water partition coefficient (Wildman–Crippen LogP) is 4.64. The standard InChI is InChI=1S/C24H25N3O3S/c28-23(25-17-11-12-21-22(15-17)30-14-6-13-29-21)16-31-24-26-19-9-4-5-10-20(19)27(24)18-7-2-1-3-8-18/h1-3,7-8,11-12,15H,4-6,9-10,13-14,16H2,(H,25,28). The Balaban J connectivity index is 1.31. The van der Waals surface area contributed by atoms with Crippen molar-refractivity contribution in [3.8, 4) is 17.2 Å². The molecule has 6 nitrogen and oxygen atoms in total. The number of nitrogens with one attached hydrogen (secondary N) is 1. The Morgan fingerprint density at radius 3 is 2.68 bits per heavy atom. The van der Waals surface area contributed by atoms with Crippen molar-refractivity contribution in [3.63, 3.8) is 0 Å². The summed E-state index contributed by atoms with van der Waals surface area (Å²) in [5.74, 6) is 1.62. The average Bonchev–Trinajstić information content (AvgIpc) is 3.01. The van der Waals surface area contributed by atoms with Crippen LogP contribution in [0.1, 0.15) is 30.7 Å². The van der Waals surface area contributed by atoms with E-state index in [1.54, 1.807) is 0 Å². The first-order valence-electron chi connectivity index (χ1n) is 10.8. The van der Waals surface area contributed by atoms with Gasteiger partial charge in [-0.1, -0.05) is 30.0 Å². The lowest BCUT2D eigenvalue weighted by Gasteiger charge is -2.15. The lowest BCUT2D eigenvalue weighted by atomic mass is 10.0. The molecule has 1 aliphatic heterocycles. The van der Waals surface area contributed by atoms with Gasteiger partial charge < -0.3 is 14.8 Å². The van der Waals surface area contributed by atoms with E-state index in [1.165, 1.54) is 36.0 Å². The van der Waals surface area contributed by atoms with Gasteiger partial charge in [-0.05, 0) is 49.9 Å². The van der Waals surface area contributed by atoms with Gasteiger partial charge in [-0.25, -0.2) is 4.98 Å². The van der Waals surface area contributed by atoms with Crippen LogP contribution in [0.15, 0.2) is 53.7 Å². The number of hydrogen-bond acceptors (Lipinski definition) is 5. The Hall–Kier alpha value is -2.93. The second-order valence-corrected chi connectivity index (χ2v) is 8.66. The van der Waals surface area contributed by atoms with Crippen LogP contribution in [0.2, 0.25) is 0 Å². The maximum absolute atomic E-state index is 12.7. The Kier molecular flexibility index (Phi) is 5.84. The number of fused-ring (bicyclic) bond motifs is 2. The number of para-hydroxylation sites is 1. The number of nitrogens with zero attached hydrogens (tertiary/aromatic N) is 2. The molecular weight excluding hydrogens is 410 g/mol. The molecule has 0 saturated heterocycles. The number of ether oxygens (including phenoxy) is 2. The molecule has 0 saturated carbocycles. The lowest BCUT2D eigenvalue weighted by molar-refractivity contribution is -0.113. The molecule has 0 unspecified atom stereocenters. The highest BCUT2D eigenvalue weighted by atomic mass is 32.2. The summed E-state index contributed by atoms with van der Waals surface area (Å²) in [4.78, 5) is 17.6. The van der Waals surface area contributed by atoms with Gasteiger partial charge in [0.2, 0.25) is 5.91 Å². The van der Waals surface area contributed by atoms with E-state index in [-0.39, 0.29) is 11.7 Å². The summed E-state index contributed by atoms with van der Waals surface area (Å²) in [5, 5.41) is 3.85. The van der Waals surface area contributed by atoms with E-state index in [0.717, 1.165) is 35.9 Å². The summed E-state index contributed by atoms with van der Waals surface area (Å²) in [5.41, 5.74) is 4.26. The van der Waals surface area contributed by atoms with Crippen LogP contribution in [0.4, 0.5) is 5.69 Å². The first-order valence-corrected chi connectivity index (χ1v) is 11.7. The van der Waals surface area contributed by atoms with Crippen molar-refractivity contribution in [1.29, 1.82) is 0 Å². The highest BCUT2D eigenvalue weighted by Gasteiger charge is 2.22. The summed E-state index contributed by atoms with van der Waals surface area (Å²) >= 11 is 1.48. The van der Waals surface area contributed by atoms with Crippen LogP contribution in [-0.4, -0.2) is 34.4 Å². The van der Waals surface area contributed by atoms with Crippen LogP contribution in [0.3, 0.4) is 0 Å². The molecule has 2 heterocycles. The van der Waals surface area contributed by atoms with Crippen molar-refractivity contribution >= 4 is 23.4 Å². The van der Waals surface area contributed by atoms with Crippen molar-refractivity contribution in [3.05, 3.63) is 59.9 Å². The van der Waals surface area contributed by atoms with E-state index in [2.05, 4.69) is 22.0 Å². The number of carbonyl (C=O) groups is 1. The first-order chi connectivity index (χ1) is 15.3. The number of benzene rings is 2. The third kappa shape index (κ3) is 4.42. The zero-order valence-corrected chi connectivity index (χ0v) is 18.1. The molecule has 7 heteroatoms. The number of aryl methyl sites for hydroxylation is 1. The molecule has 0 atom stereocenters. The van der Waals surface area contributed by atoms with Crippen LogP contribution in [0.5, 0.6) is 11.5 Å². The van der Waals surface area contributed by atoms with Crippen LogP contribution in [-0.2, 0) is 17.6 Å². The van der Waals surface area contributed by atoms with Crippen molar-refractivity contribution in [2.75, 3.05) is 24.3 Å².